The summed E-state index contributed by atoms with van der Waals surface area (Å²) in [6.07, 6.45) is 2.03. The molecule has 3 heteroatoms. The summed E-state index contributed by atoms with van der Waals surface area (Å²) in [7, 11) is 0. The van der Waals surface area contributed by atoms with Gasteiger partial charge in [0.05, 0.1) is 6.04 Å². The van der Waals surface area contributed by atoms with Gasteiger partial charge in [-0.15, -0.1) is 0 Å². The van der Waals surface area contributed by atoms with Crippen molar-refractivity contribution in [2.75, 3.05) is 6.54 Å². The number of rotatable bonds is 5. The summed E-state index contributed by atoms with van der Waals surface area (Å²) >= 11 is 0. The Bertz CT molecular complexity index is 550. The van der Waals surface area contributed by atoms with Gasteiger partial charge in [-0.2, -0.15) is 0 Å². The van der Waals surface area contributed by atoms with Crippen LogP contribution in [0.5, 0.6) is 0 Å². The van der Waals surface area contributed by atoms with Crippen LogP contribution in [0.25, 0.3) is 0 Å². The van der Waals surface area contributed by atoms with Crippen LogP contribution in [0, 0.1) is 0 Å². The first-order chi connectivity index (χ1) is 10.8. The Morgan fingerprint density at radius 1 is 0.955 bits per heavy atom. The molecule has 0 spiro atoms. The van der Waals surface area contributed by atoms with E-state index in [9.17, 15) is 4.79 Å². The summed E-state index contributed by atoms with van der Waals surface area (Å²) in [5, 5.41) is 3.32. The smallest absolute Gasteiger partial charge is 0.240 e. The molecule has 1 amide bonds. The van der Waals surface area contributed by atoms with Crippen molar-refractivity contribution in [3.05, 3.63) is 71.8 Å². The van der Waals surface area contributed by atoms with Crippen LogP contribution in [0.4, 0.5) is 0 Å². The largest absolute Gasteiger partial charge is 0.333 e. The van der Waals surface area contributed by atoms with E-state index in [-0.39, 0.29) is 11.9 Å². The summed E-state index contributed by atoms with van der Waals surface area (Å²) in [6.45, 7) is 2.26. The minimum Gasteiger partial charge on any atom is -0.333 e. The van der Waals surface area contributed by atoms with Crippen molar-refractivity contribution in [1.29, 1.82) is 0 Å². The summed E-state index contributed by atoms with van der Waals surface area (Å²) in [5.74, 6) is 0.213. The zero-order valence-corrected chi connectivity index (χ0v) is 12.7. The van der Waals surface area contributed by atoms with Crippen molar-refractivity contribution in [2.45, 2.75) is 32.0 Å². The summed E-state index contributed by atoms with van der Waals surface area (Å²) in [5.41, 5.74) is 2.34. The number of amides is 1. The van der Waals surface area contributed by atoms with E-state index in [1.165, 1.54) is 11.1 Å². The van der Waals surface area contributed by atoms with Gasteiger partial charge in [0.1, 0.15) is 0 Å². The molecule has 0 unspecified atom stereocenters. The fourth-order valence-electron chi connectivity index (χ4n) is 2.94. The molecule has 1 atom stereocenters. The lowest BCUT2D eigenvalue weighted by molar-refractivity contribution is -0.134. The van der Waals surface area contributed by atoms with E-state index in [0.29, 0.717) is 13.1 Å². The molecule has 3 nitrogen and oxygen atoms in total. The maximum absolute atomic E-state index is 12.8. The second-order valence-electron chi connectivity index (χ2n) is 5.81. The molecule has 0 bridgehead atoms. The lowest BCUT2D eigenvalue weighted by atomic mass is 10.1. The standard InChI is InChI=1S/C19H22N2O/c22-19(18-12-7-13-20-18)21(14-16-8-3-1-4-9-16)15-17-10-5-2-6-11-17/h1-6,8-11,18,20H,7,12-15H2/t18-/m0/s1. The van der Waals surface area contributed by atoms with Crippen LogP contribution in [-0.4, -0.2) is 23.4 Å². The normalized spacial score (nSPS) is 17.4. The Balaban J connectivity index is 1.76. The van der Waals surface area contributed by atoms with E-state index in [2.05, 4.69) is 29.6 Å². The summed E-state index contributed by atoms with van der Waals surface area (Å²) in [6, 6.07) is 20.4. The zero-order chi connectivity index (χ0) is 15.2. The van der Waals surface area contributed by atoms with Crippen LogP contribution in [0.15, 0.2) is 60.7 Å². The lowest BCUT2D eigenvalue weighted by Gasteiger charge is -2.26. The number of nitrogens with zero attached hydrogens (tertiary/aromatic N) is 1. The van der Waals surface area contributed by atoms with Crippen LogP contribution in [-0.2, 0) is 17.9 Å². The van der Waals surface area contributed by atoms with Crippen LogP contribution in [0.1, 0.15) is 24.0 Å². The second-order valence-corrected chi connectivity index (χ2v) is 5.81. The van der Waals surface area contributed by atoms with Crippen molar-refractivity contribution < 1.29 is 4.79 Å². The molecule has 0 aromatic heterocycles. The second kappa shape index (κ2) is 7.23. The van der Waals surface area contributed by atoms with Gasteiger partial charge >= 0.3 is 0 Å². The third-order valence-electron chi connectivity index (χ3n) is 4.10. The quantitative estimate of drug-likeness (QED) is 0.919. The van der Waals surface area contributed by atoms with Crippen molar-refractivity contribution in [3.63, 3.8) is 0 Å². The third-order valence-corrected chi connectivity index (χ3v) is 4.10. The van der Waals surface area contributed by atoms with Crippen molar-refractivity contribution in [1.82, 2.24) is 10.2 Å². The molecule has 2 aromatic rings. The molecule has 114 valence electrons. The number of nitrogens with one attached hydrogen (secondary N) is 1. The average molecular weight is 294 g/mol. The molecular formula is C19H22N2O. The molecule has 2 aromatic carbocycles. The molecule has 0 saturated carbocycles. The highest BCUT2D eigenvalue weighted by Crippen LogP contribution is 2.15. The Kier molecular flexibility index (Phi) is 4.86. The monoisotopic (exact) mass is 294 g/mol. The predicted molar refractivity (Wildman–Crippen MR) is 88.2 cm³/mol. The average Bonchev–Trinajstić information content (AvgIpc) is 3.10. The lowest BCUT2D eigenvalue weighted by Crippen LogP contribution is -2.42. The third kappa shape index (κ3) is 3.74. The molecule has 1 aliphatic rings. The molecule has 22 heavy (non-hydrogen) atoms. The van der Waals surface area contributed by atoms with Gasteiger partial charge in [0.2, 0.25) is 5.91 Å². The minimum atomic E-state index is -0.0209. The summed E-state index contributed by atoms with van der Waals surface area (Å²) < 4.78 is 0. The maximum atomic E-state index is 12.8. The Labute approximate surface area is 132 Å². The van der Waals surface area contributed by atoms with E-state index < -0.39 is 0 Å². The number of benzene rings is 2. The SMILES string of the molecule is O=C([C@@H]1CCCN1)N(Cc1ccccc1)Cc1ccccc1. The molecule has 3 rings (SSSR count). The highest BCUT2D eigenvalue weighted by atomic mass is 16.2. The fraction of sp³-hybridized carbons (Fsp3) is 0.316. The number of hydrogen-bond donors (Lipinski definition) is 1. The van der Waals surface area contributed by atoms with E-state index in [1.54, 1.807) is 0 Å². The first-order valence-corrected chi connectivity index (χ1v) is 7.93. The van der Waals surface area contributed by atoms with Crippen LogP contribution in [0.2, 0.25) is 0 Å². The van der Waals surface area contributed by atoms with Gasteiger partial charge in [0.15, 0.2) is 0 Å². The van der Waals surface area contributed by atoms with Crippen molar-refractivity contribution in [2.24, 2.45) is 0 Å². The molecule has 1 N–H and O–H groups in total. The Hall–Kier alpha value is -2.13. The van der Waals surface area contributed by atoms with E-state index in [4.69, 9.17) is 0 Å². The number of carbonyl (C=O) groups excluding carboxylic acids is 1. The predicted octanol–water partition coefficient (Wildman–Crippen LogP) is 2.97. The van der Waals surface area contributed by atoms with E-state index >= 15 is 0 Å². The minimum absolute atomic E-state index is 0.0209. The van der Waals surface area contributed by atoms with Gasteiger partial charge in [-0.3, -0.25) is 4.79 Å². The Morgan fingerprint density at radius 2 is 1.50 bits per heavy atom. The van der Waals surface area contributed by atoms with Crippen LogP contribution in [0.3, 0.4) is 0 Å². The first kappa shape index (κ1) is 14.8. The molecule has 0 aliphatic carbocycles. The van der Waals surface area contributed by atoms with Gasteiger partial charge < -0.3 is 10.2 Å². The Morgan fingerprint density at radius 3 is 1.95 bits per heavy atom. The highest BCUT2D eigenvalue weighted by Gasteiger charge is 2.26. The van der Waals surface area contributed by atoms with Crippen molar-refractivity contribution >= 4 is 5.91 Å². The highest BCUT2D eigenvalue weighted by molar-refractivity contribution is 5.82. The number of hydrogen-bond acceptors (Lipinski definition) is 2. The molecule has 1 fully saturated rings. The summed E-state index contributed by atoms with van der Waals surface area (Å²) in [4.78, 5) is 14.8. The van der Waals surface area contributed by atoms with Gasteiger partial charge in [0.25, 0.3) is 0 Å². The molecule has 1 saturated heterocycles. The molecule has 1 heterocycles. The van der Waals surface area contributed by atoms with Crippen LogP contribution >= 0.6 is 0 Å². The zero-order valence-electron chi connectivity index (χ0n) is 12.7. The molecule has 0 radical (unpaired) electrons. The van der Waals surface area contributed by atoms with Gasteiger partial charge in [0, 0.05) is 13.1 Å². The topological polar surface area (TPSA) is 32.3 Å². The van der Waals surface area contributed by atoms with E-state index in [1.807, 2.05) is 41.3 Å². The van der Waals surface area contributed by atoms with Crippen LogP contribution < -0.4 is 5.32 Å². The van der Waals surface area contributed by atoms with Gasteiger partial charge in [-0.25, -0.2) is 0 Å². The van der Waals surface area contributed by atoms with E-state index in [0.717, 1.165) is 19.4 Å². The molecular weight excluding hydrogens is 272 g/mol. The molecule has 1 aliphatic heterocycles. The van der Waals surface area contributed by atoms with Gasteiger partial charge in [-0.05, 0) is 30.5 Å². The first-order valence-electron chi connectivity index (χ1n) is 7.93. The number of carbonyl (C=O) groups is 1. The fourth-order valence-corrected chi connectivity index (χ4v) is 2.94. The maximum Gasteiger partial charge on any atom is 0.240 e. The van der Waals surface area contributed by atoms with Crippen molar-refractivity contribution in [3.8, 4) is 0 Å². The van der Waals surface area contributed by atoms with Gasteiger partial charge in [-0.1, -0.05) is 60.7 Å².